The van der Waals surface area contributed by atoms with Gasteiger partial charge in [-0.2, -0.15) is 5.10 Å². The number of aromatic nitrogens is 2. The zero-order valence-electron chi connectivity index (χ0n) is 14.9. The van der Waals surface area contributed by atoms with Gasteiger partial charge in [-0.25, -0.2) is 0 Å². The molecule has 1 aliphatic rings. The summed E-state index contributed by atoms with van der Waals surface area (Å²) < 4.78 is 7.08. The second kappa shape index (κ2) is 7.27. The number of ether oxygens (including phenoxy) is 1. The van der Waals surface area contributed by atoms with E-state index in [2.05, 4.69) is 18.9 Å². The van der Waals surface area contributed by atoms with Crippen molar-refractivity contribution in [3.05, 3.63) is 47.8 Å². The van der Waals surface area contributed by atoms with Crippen LogP contribution in [0.25, 0.3) is 0 Å². The highest BCUT2D eigenvalue weighted by Gasteiger charge is 2.36. The summed E-state index contributed by atoms with van der Waals surface area (Å²) in [5, 5.41) is 14.4. The number of benzene rings is 1. The number of hydrogen-bond donors (Lipinski definition) is 1. The number of β-amino-alcohol motifs (C(OH)–C–C–N with tert-alkyl or cyclic N) is 1. The molecule has 1 fully saturated rings. The molecule has 0 unspecified atom stereocenters. The first-order chi connectivity index (χ1) is 12.0. The van der Waals surface area contributed by atoms with Crippen molar-refractivity contribution in [1.82, 2.24) is 14.7 Å². The third kappa shape index (κ3) is 3.85. The summed E-state index contributed by atoms with van der Waals surface area (Å²) in [4.78, 5) is 14.7. The molecule has 1 saturated heterocycles. The van der Waals surface area contributed by atoms with Gasteiger partial charge in [-0.05, 0) is 30.0 Å². The Balaban J connectivity index is 1.83. The Bertz CT molecular complexity index is 741. The highest BCUT2D eigenvalue weighted by atomic mass is 16.5. The second-order valence-electron chi connectivity index (χ2n) is 6.98. The average Bonchev–Trinajstić information content (AvgIpc) is 3.20. The summed E-state index contributed by atoms with van der Waals surface area (Å²) in [5.41, 5.74) is 1.53. The van der Waals surface area contributed by atoms with E-state index in [1.54, 1.807) is 29.1 Å². The Hall–Kier alpha value is -2.34. The summed E-state index contributed by atoms with van der Waals surface area (Å²) >= 11 is 0. The number of hydrogen-bond acceptors (Lipinski definition) is 4. The first kappa shape index (κ1) is 17.5. The van der Waals surface area contributed by atoms with Gasteiger partial charge in [0.2, 0.25) is 0 Å². The number of nitrogens with zero attached hydrogens (tertiary/aromatic N) is 3. The number of carbonyl (C=O) groups is 1. The highest BCUT2D eigenvalue weighted by Crippen LogP contribution is 2.34. The van der Waals surface area contributed by atoms with Crippen LogP contribution in [-0.4, -0.2) is 45.5 Å². The Kier molecular flexibility index (Phi) is 5.08. The Morgan fingerprint density at radius 3 is 2.96 bits per heavy atom. The van der Waals surface area contributed by atoms with Crippen LogP contribution in [0.2, 0.25) is 0 Å². The van der Waals surface area contributed by atoms with Gasteiger partial charge >= 0.3 is 0 Å². The van der Waals surface area contributed by atoms with E-state index in [0.29, 0.717) is 24.4 Å². The molecule has 134 valence electrons. The van der Waals surface area contributed by atoms with Gasteiger partial charge in [-0.1, -0.05) is 26.0 Å². The minimum absolute atomic E-state index is 0.0978. The zero-order valence-corrected chi connectivity index (χ0v) is 14.9. The molecule has 0 aliphatic carbocycles. The van der Waals surface area contributed by atoms with Crippen molar-refractivity contribution < 1.29 is 14.6 Å². The minimum Gasteiger partial charge on any atom is -0.497 e. The fourth-order valence-corrected chi connectivity index (χ4v) is 3.32. The molecule has 1 amide bonds. The molecule has 2 aromatic rings. The van der Waals surface area contributed by atoms with E-state index in [0.717, 1.165) is 17.9 Å². The molecule has 0 spiro atoms. The molecule has 0 bridgehead atoms. The van der Waals surface area contributed by atoms with Gasteiger partial charge in [0.25, 0.3) is 5.91 Å². The normalized spacial score (nSPS) is 20.3. The molecular formula is C19H25N3O3. The lowest BCUT2D eigenvalue weighted by atomic mass is 10.0. The van der Waals surface area contributed by atoms with E-state index < -0.39 is 6.10 Å². The fraction of sp³-hybridized carbons (Fsp3) is 0.474. The first-order valence-corrected chi connectivity index (χ1v) is 8.63. The van der Waals surface area contributed by atoms with E-state index in [9.17, 15) is 9.90 Å². The van der Waals surface area contributed by atoms with Crippen molar-refractivity contribution in [2.75, 3.05) is 13.7 Å². The van der Waals surface area contributed by atoms with Crippen molar-refractivity contribution in [2.24, 2.45) is 5.92 Å². The van der Waals surface area contributed by atoms with Crippen LogP contribution in [0.5, 0.6) is 5.75 Å². The van der Waals surface area contributed by atoms with Gasteiger partial charge in [-0.15, -0.1) is 0 Å². The third-order valence-corrected chi connectivity index (χ3v) is 4.45. The monoisotopic (exact) mass is 343 g/mol. The summed E-state index contributed by atoms with van der Waals surface area (Å²) in [6, 6.07) is 7.50. The fourth-order valence-electron chi connectivity index (χ4n) is 3.32. The largest absolute Gasteiger partial charge is 0.497 e. The minimum atomic E-state index is -0.522. The van der Waals surface area contributed by atoms with E-state index in [1.807, 2.05) is 24.3 Å². The maximum atomic E-state index is 13.0. The molecule has 6 heteroatoms. The lowest BCUT2D eigenvalue weighted by Gasteiger charge is -2.24. The van der Waals surface area contributed by atoms with Gasteiger partial charge < -0.3 is 14.7 Å². The number of likely N-dealkylation sites (tertiary alicyclic amines) is 1. The topological polar surface area (TPSA) is 67.6 Å². The summed E-state index contributed by atoms with van der Waals surface area (Å²) in [5.74, 6) is 1.11. The lowest BCUT2D eigenvalue weighted by molar-refractivity contribution is 0.0715. The molecule has 1 aromatic heterocycles. The number of amides is 1. The quantitative estimate of drug-likeness (QED) is 0.906. The Labute approximate surface area is 148 Å². The number of carbonyl (C=O) groups excluding carboxylic acids is 1. The van der Waals surface area contributed by atoms with Gasteiger partial charge in [0.1, 0.15) is 5.75 Å². The molecule has 1 N–H and O–H groups in total. The predicted octanol–water partition coefficient (Wildman–Crippen LogP) is 2.50. The smallest absolute Gasteiger partial charge is 0.257 e. The third-order valence-electron chi connectivity index (χ3n) is 4.45. The van der Waals surface area contributed by atoms with Crippen LogP contribution in [0.1, 0.15) is 42.2 Å². The molecule has 25 heavy (non-hydrogen) atoms. The van der Waals surface area contributed by atoms with Crippen molar-refractivity contribution in [3.8, 4) is 5.75 Å². The molecule has 0 saturated carbocycles. The molecule has 6 nitrogen and oxygen atoms in total. The second-order valence-corrected chi connectivity index (χ2v) is 6.98. The predicted molar refractivity (Wildman–Crippen MR) is 94.5 cm³/mol. The van der Waals surface area contributed by atoms with Crippen LogP contribution >= 0.6 is 0 Å². The maximum absolute atomic E-state index is 13.0. The molecule has 1 aromatic carbocycles. The van der Waals surface area contributed by atoms with E-state index in [1.165, 1.54) is 0 Å². The van der Waals surface area contributed by atoms with Crippen molar-refractivity contribution >= 4 is 5.91 Å². The Morgan fingerprint density at radius 1 is 1.44 bits per heavy atom. The summed E-state index contributed by atoms with van der Waals surface area (Å²) in [7, 11) is 1.62. The lowest BCUT2D eigenvalue weighted by Crippen LogP contribution is -2.31. The average molecular weight is 343 g/mol. The van der Waals surface area contributed by atoms with Gasteiger partial charge in [0.15, 0.2) is 0 Å². The van der Waals surface area contributed by atoms with E-state index >= 15 is 0 Å². The zero-order chi connectivity index (χ0) is 18.0. The molecular weight excluding hydrogens is 318 g/mol. The molecule has 3 rings (SSSR count). The standard InChI is InChI=1S/C19H25N3O3/c1-13(2)10-21-11-15(9-20-21)19(24)22-12-16(23)8-18(22)14-5-4-6-17(7-14)25-3/h4-7,9,11,13,16,18,23H,8,10,12H2,1-3H3/t16-,18-/m1/s1. The van der Waals surface area contributed by atoms with Gasteiger partial charge in [0, 0.05) is 19.3 Å². The van der Waals surface area contributed by atoms with Crippen LogP contribution in [0, 0.1) is 5.92 Å². The molecule has 0 radical (unpaired) electrons. The van der Waals surface area contributed by atoms with Crippen LogP contribution < -0.4 is 4.74 Å². The van der Waals surface area contributed by atoms with E-state index in [4.69, 9.17) is 4.74 Å². The molecule has 2 heterocycles. The van der Waals surface area contributed by atoms with Crippen LogP contribution in [-0.2, 0) is 6.54 Å². The van der Waals surface area contributed by atoms with Crippen LogP contribution in [0.4, 0.5) is 0 Å². The van der Waals surface area contributed by atoms with Crippen molar-refractivity contribution in [2.45, 2.75) is 39.0 Å². The molecule has 1 aliphatic heterocycles. The molecule has 2 atom stereocenters. The summed E-state index contributed by atoms with van der Waals surface area (Å²) in [6.07, 6.45) is 3.40. The first-order valence-electron chi connectivity index (χ1n) is 8.63. The SMILES string of the molecule is COc1cccc([C@H]2C[C@@H](O)CN2C(=O)c2cnn(CC(C)C)c2)c1. The van der Waals surface area contributed by atoms with E-state index in [-0.39, 0.29) is 11.9 Å². The van der Waals surface area contributed by atoms with Gasteiger partial charge in [0.05, 0.1) is 31.0 Å². The van der Waals surface area contributed by atoms with Crippen molar-refractivity contribution in [1.29, 1.82) is 0 Å². The van der Waals surface area contributed by atoms with Crippen molar-refractivity contribution in [3.63, 3.8) is 0 Å². The van der Waals surface area contributed by atoms with Crippen LogP contribution in [0.3, 0.4) is 0 Å². The number of rotatable bonds is 5. The Morgan fingerprint density at radius 2 is 2.24 bits per heavy atom. The number of methoxy groups -OCH3 is 1. The summed E-state index contributed by atoms with van der Waals surface area (Å²) in [6.45, 7) is 5.32. The number of aliphatic hydroxyl groups is 1. The maximum Gasteiger partial charge on any atom is 0.257 e. The van der Waals surface area contributed by atoms with Crippen LogP contribution in [0.15, 0.2) is 36.7 Å². The number of aliphatic hydroxyl groups excluding tert-OH is 1. The van der Waals surface area contributed by atoms with Gasteiger partial charge in [-0.3, -0.25) is 9.48 Å². The highest BCUT2D eigenvalue weighted by molar-refractivity contribution is 5.94.